The maximum absolute atomic E-state index is 10.8. The van der Waals surface area contributed by atoms with E-state index in [1.807, 2.05) is 0 Å². The quantitative estimate of drug-likeness (QED) is 0.497. The summed E-state index contributed by atoms with van der Waals surface area (Å²) in [5.74, 6) is 0. The molecule has 3 heterocycles. The summed E-state index contributed by atoms with van der Waals surface area (Å²) in [6.07, 6.45) is 3.00. The second-order valence-corrected chi connectivity index (χ2v) is 4.94. The Morgan fingerprint density at radius 3 is 3.19 bits per heavy atom. The van der Waals surface area contributed by atoms with Gasteiger partial charge in [-0.1, -0.05) is 0 Å². The van der Waals surface area contributed by atoms with E-state index < -0.39 is 6.04 Å². The number of ether oxygens (including phenoxy) is 1. The van der Waals surface area contributed by atoms with E-state index >= 15 is 0 Å². The lowest BCUT2D eigenvalue weighted by atomic mass is 9.97. The van der Waals surface area contributed by atoms with Crippen LogP contribution in [0.4, 0.5) is 0 Å². The molecule has 0 aromatic carbocycles. The molecule has 3 unspecified atom stereocenters. The van der Waals surface area contributed by atoms with Crippen molar-refractivity contribution < 1.29 is 9.66 Å². The van der Waals surface area contributed by atoms with Crippen LogP contribution in [0.5, 0.6) is 0 Å². The number of morpholine rings is 1. The minimum Gasteiger partial charge on any atom is -0.360 e. The topological polar surface area (TPSA) is 67.6 Å². The molecule has 0 spiro atoms. The Morgan fingerprint density at radius 1 is 1.50 bits per heavy atom. The zero-order chi connectivity index (χ0) is 11.1. The zero-order valence-electron chi connectivity index (χ0n) is 9.17. The van der Waals surface area contributed by atoms with Crippen LogP contribution >= 0.6 is 0 Å². The number of piperidine rings is 1. The Morgan fingerprint density at radius 2 is 2.38 bits per heavy atom. The summed E-state index contributed by atoms with van der Waals surface area (Å²) >= 11 is 0. The highest BCUT2D eigenvalue weighted by atomic mass is 16.6. The van der Waals surface area contributed by atoms with Gasteiger partial charge in [-0.25, -0.2) is 0 Å². The van der Waals surface area contributed by atoms with Gasteiger partial charge in [0.05, 0.1) is 19.2 Å². The monoisotopic (exact) mass is 227 g/mol. The highest BCUT2D eigenvalue weighted by Crippen LogP contribution is 2.31. The molecule has 0 aromatic heterocycles. The Balaban J connectivity index is 1.74. The molecule has 3 aliphatic heterocycles. The van der Waals surface area contributed by atoms with Crippen molar-refractivity contribution in [3.05, 3.63) is 10.1 Å². The molecule has 3 aliphatic rings. The van der Waals surface area contributed by atoms with Crippen LogP contribution < -0.4 is 5.32 Å². The number of fused-ring (bicyclic) bond motifs is 3. The van der Waals surface area contributed by atoms with Crippen LogP contribution in [0.1, 0.15) is 19.3 Å². The van der Waals surface area contributed by atoms with E-state index in [0.29, 0.717) is 19.0 Å². The van der Waals surface area contributed by atoms with Crippen molar-refractivity contribution >= 4 is 0 Å². The lowest BCUT2D eigenvalue weighted by molar-refractivity contribution is -0.526. The molecule has 3 rings (SSSR count). The molecule has 0 amide bonds. The molecule has 16 heavy (non-hydrogen) atoms. The molecule has 0 aromatic rings. The number of nitrogens with one attached hydrogen (secondary N) is 1. The van der Waals surface area contributed by atoms with Gasteiger partial charge in [0.25, 0.3) is 0 Å². The van der Waals surface area contributed by atoms with Crippen molar-refractivity contribution in [3.63, 3.8) is 0 Å². The van der Waals surface area contributed by atoms with Gasteiger partial charge in [0.15, 0.2) is 0 Å². The van der Waals surface area contributed by atoms with Crippen LogP contribution in [0.15, 0.2) is 0 Å². The normalized spacial score (nSPS) is 43.8. The molecule has 0 saturated carbocycles. The van der Waals surface area contributed by atoms with Crippen molar-refractivity contribution in [2.75, 3.05) is 19.7 Å². The van der Waals surface area contributed by atoms with Crippen LogP contribution in [0.2, 0.25) is 0 Å². The smallest absolute Gasteiger partial charge is 0.227 e. The summed E-state index contributed by atoms with van der Waals surface area (Å²) in [5, 5.41) is 14.0. The largest absolute Gasteiger partial charge is 0.360 e. The molecule has 4 atom stereocenters. The highest BCUT2D eigenvalue weighted by Gasteiger charge is 2.46. The predicted octanol–water partition coefficient (Wildman–Crippen LogP) is -0.186. The fourth-order valence-corrected chi connectivity index (χ4v) is 3.20. The number of nitro groups is 1. The zero-order valence-corrected chi connectivity index (χ0v) is 9.17. The first kappa shape index (κ1) is 10.4. The molecule has 0 radical (unpaired) electrons. The Kier molecular flexibility index (Phi) is 2.57. The molecule has 90 valence electrons. The molecule has 3 fully saturated rings. The first-order chi connectivity index (χ1) is 7.75. The van der Waals surface area contributed by atoms with Gasteiger partial charge < -0.3 is 4.74 Å². The summed E-state index contributed by atoms with van der Waals surface area (Å²) in [7, 11) is 0. The highest BCUT2D eigenvalue weighted by molar-refractivity contribution is 4.96. The first-order valence-electron chi connectivity index (χ1n) is 6.00. The molecular weight excluding hydrogens is 210 g/mol. The van der Waals surface area contributed by atoms with Gasteiger partial charge in [0, 0.05) is 17.4 Å². The SMILES string of the molecule is O=[N+]([O-])C1CNC2OC[C@@H]3CCCN3C2C1. The van der Waals surface area contributed by atoms with Gasteiger partial charge >= 0.3 is 0 Å². The van der Waals surface area contributed by atoms with Crippen LogP contribution in [0, 0.1) is 10.1 Å². The lowest BCUT2D eigenvalue weighted by Crippen LogP contribution is -2.64. The summed E-state index contributed by atoms with van der Waals surface area (Å²) in [6, 6.07) is 0.239. The second kappa shape index (κ2) is 3.94. The number of rotatable bonds is 1. The van der Waals surface area contributed by atoms with Crippen molar-refractivity contribution in [1.29, 1.82) is 0 Å². The van der Waals surface area contributed by atoms with E-state index in [2.05, 4.69) is 10.2 Å². The fourth-order valence-electron chi connectivity index (χ4n) is 3.20. The number of nitrogens with zero attached hydrogens (tertiary/aromatic N) is 2. The fraction of sp³-hybridized carbons (Fsp3) is 1.00. The van der Waals surface area contributed by atoms with Crippen molar-refractivity contribution in [2.24, 2.45) is 0 Å². The molecule has 3 saturated heterocycles. The summed E-state index contributed by atoms with van der Waals surface area (Å²) in [6.45, 7) is 2.28. The average Bonchev–Trinajstić information content (AvgIpc) is 2.76. The van der Waals surface area contributed by atoms with Crippen molar-refractivity contribution in [1.82, 2.24) is 10.2 Å². The average molecular weight is 227 g/mol. The van der Waals surface area contributed by atoms with Gasteiger partial charge in [0.1, 0.15) is 6.23 Å². The lowest BCUT2D eigenvalue weighted by Gasteiger charge is -2.45. The first-order valence-corrected chi connectivity index (χ1v) is 6.00. The van der Waals surface area contributed by atoms with Crippen LogP contribution in [0.3, 0.4) is 0 Å². The van der Waals surface area contributed by atoms with E-state index in [0.717, 1.165) is 13.2 Å². The molecule has 0 bridgehead atoms. The van der Waals surface area contributed by atoms with Gasteiger partial charge in [-0.15, -0.1) is 0 Å². The van der Waals surface area contributed by atoms with E-state index in [9.17, 15) is 10.1 Å². The van der Waals surface area contributed by atoms with Gasteiger partial charge in [0.2, 0.25) is 6.04 Å². The predicted molar refractivity (Wildman–Crippen MR) is 56.7 cm³/mol. The minimum absolute atomic E-state index is 0.00514. The van der Waals surface area contributed by atoms with E-state index in [1.165, 1.54) is 12.8 Å². The number of hydrogen-bond donors (Lipinski definition) is 1. The molecule has 1 N–H and O–H groups in total. The molecular formula is C10H17N3O3. The standard InChI is InChI=1S/C10H17N3O3/c14-13(15)8-4-9-10(11-5-8)16-6-7-2-1-3-12(7)9/h7-11H,1-6H2/t7-,8?,9?,10?/m0/s1. The van der Waals surface area contributed by atoms with E-state index in [-0.39, 0.29) is 17.2 Å². The molecule has 6 heteroatoms. The number of hydrogen-bond acceptors (Lipinski definition) is 5. The third kappa shape index (κ3) is 1.61. The summed E-state index contributed by atoms with van der Waals surface area (Å²) in [4.78, 5) is 13.1. The van der Waals surface area contributed by atoms with Crippen LogP contribution in [-0.4, -0.2) is 53.9 Å². The van der Waals surface area contributed by atoms with Gasteiger partial charge in [-0.2, -0.15) is 0 Å². The van der Waals surface area contributed by atoms with Crippen molar-refractivity contribution in [3.8, 4) is 0 Å². The van der Waals surface area contributed by atoms with Crippen molar-refractivity contribution in [2.45, 2.75) is 43.6 Å². The third-order valence-corrected chi connectivity index (χ3v) is 4.03. The third-order valence-electron chi connectivity index (χ3n) is 4.03. The van der Waals surface area contributed by atoms with Crippen LogP contribution in [-0.2, 0) is 4.74 Å². The minimum atomic E-state index is -0.454. The van der Waals surface area contributed by atoms with Gasteiger partial charge in [-0.3, -0.25) is 20.3 Å². The van der Waals surface area contributed by atoms with E-state index in [4.69, 9.17) is 4.74 Å². The summed E-state index contributed by atoms with van der Waals surface area (Å²) < 4.78 is 5.75. The van der Waals surface area contributed by atoms with E-state index in [1.54, 1.807) is 0 Å². The Labute approximate surface area is 94.1 Å². The maximum atomic E-state index is 10.8. The Hall–Kier alpha value is -0.720. The summed E-state index contributed by atoms with van der Waals surface area (Å²) in [5.41, 5.74) is 0. The maximum Gasteiger partial charge on any atom is 0.227 e. The molecule has 0 aliphatic carbocycles. The van der Waals surface area contributed by atoms with Gasteiger partial charge in [-0.05, 0) is 19.4 Å². The Bertz CT molecular complexity index is 299. The molecule has 6 nitrogen and oxygen atoms in total. The van der Waals surface area contributed by atoms with Crippen LogP contribution in [0.25, 0.3) is 0 Å². The second-order valence-electron chi connectivity index (χ2n) is 4.94.